The highest BCUT2D eigenvalue weighted by Gasteiger charge is 2.39. The van der Waals surface area contributed by atoms with Gasteiger partial charge >= 0.3 is 0 Å². The molecule has 1 aliphatic carbocycles. The van der Waals surface area contributed by atoms with Crippen LogP contribution in [0.2, 0.25) is 0 Å². The number of nitrogen functional groups attached to an aromatic ring is 1. The van der Waals surface area contributed by atoms with Crippen molar-refractivity contribution in [2.45, 2.75) is 25.2 Å². The molecule has 0 spiro atoms. The number of anilines is 1. The Morgan fingerprint density at radius 3 is 2.92 bits per heavy atom. The van der Waals surface area contributed by atoms with Crippen LogP contribution >= 0.6 is 0 Å². The van der Waals surface area contributed by atoms with Crippen molar-refractivity contribution in [1.82, 2.24) is 10.2 Å². The molecule has 0 aliphatic heterocycles. The van der Waals surface area contributed by atoms with E-state index < -0.39 is 5.92 Å². The first kappa shape index (κ1) is 7.52. The summed E-state index contributed by atoms with van der Waals surface area (Å²) in [5, 5.41) is 5.86. The van der Waals surface area contributed by atoms with Crippen LogP contribution in [0.25, 0.3) is 0 Å². The van der Waals surface area contributed by atoms with Crippen molar-refractivity contribution in [2.75, 3.05) is 5.73 Å². The van der Waals surface area contributed by atoms with Gasteiger partial charge in [0, 0.05) is 12.0 Å². The van der Waals surface area contributed by atoms with Gasteiger partial charge in [-0.2, -0.15) is 13.9 Å². The van der Waals surface area contributed by atoms with E-state index in [-0.39, 0.29) is 17.9 Å². The van der Waals surface area contributed by atoms with Crippen LogP contribution < -0.4 is 5.73 Å². The SMILES string of the molecule is Nc1n[nH]c2c1CCCC2(F)F. The number of nitrogens with two attached hydrogens (primary N) is 1. The second kappa shape index (κ2) is 2.18. The number of rotatable bonds is 0. The third-order valence-electron chi connectivity index (χ3n) is 2.18. The van der Waals surface area contributed by atoms with Gasteiger partial charge in [-0.15, -0.1) is 0 Å². The van der Waals surface area contributed by atoms with Crippen LogP contribution in [0.4, 0.5) is 14.6 Å². The van der Waals surface area contributed by atoms with Crippen molar-refractivity contribution in [1.29, 1.82) is 0 Å². The highest BCUT2D eigenvalue weighted by atomic mass is 19.3. The summed E-state index contributed by atoms with van der Waals surface area (Å²) in [7, 11) is 0. The van der Waals surface area contributed by atoms with Crippen molar-refractivity contribution in [3.05, 3.63) is 11.3 Å². The van der Waals surface area contributed by atoms with E-state index in [0.29, 0.717) is 18.4 Å². The Balaban J connectivity index is 2.53. The van der Waals surface area contributed by atoms with Crippen LogP contribution in [-0.2, 0) is 12.3 Å². The Labute approximate surface area is 68.0 Å². The van der Waals surface area contributed by atoms with Crippen LogP contribution in [0.1, 0.15) is 24.1 Å². The van der Waals surface area contributed by atoms with E-state index in [2.05, 4.69) is 10.2 Å². The molecule has 12 heavy (non-hydrogen) atoms. The van der Waals surface area contributed by atoms with E-state index in [0.717, 1.165) is 0 Å². The van der Waals surface area contributed by atoms with E-state index >= 15 is 0 Å². The molecule has 0 bridgehead atoms. The number of alkyl halides is 2. The minimum atomic E-state index is -2.77. The zero-order valence-electron chi connectivity index (χ0n) is 6.40. The molecular formula is C7H9F2N3. The molecule has 1 aliphatic rings. The minimum Gasteiger partial charge on any atom is -0.382 e. The summed E-state index contributed by atoms with van der Waals surface area (Å²) in [6.07, 6.45) is 0.971. The minimum absolute atomic E-state index is 0.0914. The first-order valence-corrected chi connectivity index (χ1v) is 3.82. The van der Waals surface area contributed by atoms with Crippen molar-refractivity contribution in [3.63, 3.8) is 0 Å². The Kier molecular flexibility index (Phi) is 1.37. The predicted molar refractivity (Wildman–Crippen MR) is 39.8 cm³/mol. The quantitative estimate of drug-likeness (QED) is 0.623. The summed E-state index contributed by atoms with van der Waals surface area (Å²) >= 11 is 0. The molecule has 0 radical (unpaired) electrons. The maximum absolute atomic E-state index is 13.1. The summed E-state index contributed by atoms with van der Waals surface area (Å²) in [6, 6.07) is 0. The summed E-state index contributed by atoms with van der Waals surface area (Å²) < 4.78 is 26.2. The summed E-state index contributed by atoms with van der Waals surface area (Å²) in [6.45, 7) is 0. The molecule has 0 aromatic carbocycles. The number of H-pyrrole nitrogens is 1. The third-order valence-corrected chi connectivity index (χ3v) is 2.18. The summed E-state index contributed by atoms with van der Waals surface area (Å²) in [4.78, 5) is 0. The Morgan fingerprint density at radius 2 is 2.25 bits per heavy atom. The van der Waals surface area contributed by atoms with Gasteiger partial charge < -0.3 is 5.73 Å². The number of hydrogen-bond donors (Lipinski definition) is 2. The fraction of sp³-hybridized carbons (Fsp3) is 0.571. The van der Waals surface area contributed by atoms with Crippen molar-refractivity contribution >= 4 is 5.82 Å². The lowest BCUT2D eigenvalue weighted by atomic mass is 9.94. The van der Waals surface area contributed by atoms with E-state index in [9.17, 15) is 8.78 Å². The molecule has 3 nitrogen and oxygen atoms in total. The van der Waals surface area contributed by atoms with Crippen LogP contribution in [0.5, 0.6) is 0 Å². The maximum Gasteiger partial charge on any atom is 0.289 e. The van der Waals surface area contributed by atoms with Crippen LogP contribution in [-0.4, -0.2) is 10.2 Å². The van der Waals surface area contributed by atoms with Gasteiger partial charge in [-0.3, -0.25) is 5.10 Å². The molecule has 0 atom stereocenters. The van der Waals surface area contributed by atoms with Gasteiger partial charge in [-0.1, -0.05) is 0 Å². The Morgan fingerprint density at radius 1 is 1.50 bits per heavy atom. The largest absolute Gasteiger partial charge is 0.382 e. The van der Waals surface area contributed by atoms with Crippen molar-refractivity contribution in [2.24, 2.45) is 0 Å². The van der Waals surface area contributed by atoms with Gasteiger partial charge in [0.25, 0.3) is 5.92 Å². The third kappa shape index (κ3) is 0.888. The molecule has 1 aromatic heterocycles. The summed E-state index contributed by atoms with van der Waals surface area (Å²) in [5.41, 5.74) is 5.81. The van der Waals surface area contributed by atoms with Gasteiger partial charge in [0.2, 0.25) is 0 Å². The normalized spacial score (nSPS) is 20.5. The van der Waals surface area contributed by atoms with Crippen LogP contribution in [0.3, 0.4) is 0 Å². The zero-order valence-corrected chi connectivity index (χ0v) is 6.40. The first-order valence-electron chi connectivity index (χ1n) is 3.82. The number of nitrogens with zero attached hydrogens (tertiary/aromatic N) is 1. The van der Waals surface area contributed by atoms with Gasteiger partial charge in [0.15, 0.2) is 0 Å². The molecular weight excluding hydrogens is 164 g/mol. The fourth-order valence-corrected chi connectivity index (χ4v) is 1.55. The van der Waals surface area contributed by atoms with E-state index in [4.69, 9.17) is 5.73 Å². The zero-order chi connectivity index (χ0) is 8.77. The molecule has 2 rings (SSSR count). The smallest absolute Gasteiger partial charge is 0.289 e. The second-order valence-electron chi connectivity index (χ2n) is 3.02. The lowest BCUT2D eigenvalue weighted by Crippen LogP contribution is -2.20. The molecule has 0 unspecified atom stereocenters. The average molecular weight is 173 g/mol. The summed E-state index contributed by atoms with van der Waals surface area (Å²) in [5.74, 6) is -2.55. The maximum atomic E-state index is 13.1. The molecule has 5 heteroatoms. The van der Waals surface area contributed by atoms with Crippen molar-refractivity contribution in [3.8, 4) is 0 Å². The standard InChI is InChI=1S/C7H9F2N3/c8-7(9)3-1-2-4-5(7)11-12-6(4)10/h1-3H2,(H3,10,11,12). The topological polar surface area (TPSA) is 54.7 Å². The highest BCUT2D eigenvalue weighted by Crippen LogP contribution is 2.40. The van der Waals surface area contributed by atoms with Crippen LogP contribution in [0.15, 0.2) is 0 Å². The lowest BCUT2D eigenvalue weighted by molar-refractivity contribution is -0.0259. The number of hydrogen-bond acceptors (Lipinski definition) is 2. The average Bonchev–Trinajstić information content (AvgIpc) is 2.33. The molecule has 1 aromatic rings. The number of halogens is 2. The van der Waals surface area contributed by atoms with Gasteiger partial charge in [-0.05, 0) is 12.8 Å². The second-order valence-corrected chi connectivity index (χ2v) is 3.02. The van der Waals surface area contributed by atoms with Gasteiger partial charge in [0.05, 0.1) is 0 Å². The van der Waals surface area contributed by atoms with E-state index in [1.165, 1.54) is 0 Å². The van der Waals surface area contributed by atoms with E-state index in [1.54, 1.807) is 0 Å². The van der Waals surface area contributed by atoms with Gasteiger partial charge in [-0.25, -0.2) is 0 Å². The monoisotopic (exact) mass is 173 g/mol. The van der Waals surface area contributed by atoms with Crippen LogP contribution in [0, 0.1) is 0 Å². The number of fused-ring (bicyclic) bond motifs is 1. The fourth-order valence-electron chi connectivity index (χ4n) is 1.55. The Bertz CT molecular complexity index is 306. The van der Waals surface area contributed by atoms with E-state index in [1.807, 2.05) is 0 Å². The number of nitrogens with one attached hydrogen (secondary N) is 1. The predicted octanol–water partition coefficient (Wildman–Crippen LogP) is 1.42. The Hall–Kier alpha value is -1.13. The molecule has 3 N–H and O–H groups in total. The molecule has 0 fully saturated rings. The molecule has 1 heterocycles. The highest BCUT2D eigenvalue weighted by molar-refractivity contribution is 5.44. The van der Waals surface area contributed by atoms with Gasteiger partial charge in [0.1, 0.15) is 11.5 Å². The number of aromatic nitrogens is 2. The first-order chi connectivity index (χ1) is 5.61. The molecule has 0 saturated carbocycles. The molecule has 0 saturated heterocycles. The molecule has 0 amide bonds. The number of aromatic amines is 1. The van der Waals surface area contributed by atoms with Crippen molar-refractivity contribution < 1.29 is 8.78 Å². The molecule has 66 valence electrons. The lowest BCUT2D eigenvalue weighted by Gasteiger charge is -2.20.